The highest BCUT2D eigenvalue weighted by Crippen LogP contribution is 2.52. The zero-order valence-electron chi connectivity index (χ0n) is 16.3. The number of amides is 2. The van der Waals surface area contributed by atoms with E-state index in [1.54, 1.807) is 6.20 Å². The fourth-order valence-corrected chi connectivity index (χ4v) is 3.63. The molecule has 0 bridgehead atoms. The smallest absolute Gasteiger partial charge is 0.269 e. The third kappa shape index (κ3) is 4.09. The summed E-state index contributed by atoms with van der Waals surface area (Å²) in [5.74, 6) is 0.703. The van der Waals surface area contributed by atoms with Gasteiger partial charge in [0.1, 0.15) is 5.69 Å². The number of piperazine rings is 1. The molecule has 1 aromatic heterocycles. The number of hydrogen-bond acceptors (Lipinski definition) is 4. The Hall–Kier alpha value is -1.89. The van der Waals surface area contributed by atoms with Crippen LogP contribution in [0.2, 0.25) is 0 Å². The molecular formula is C19H31N5O2. The van der Waals surface area contributed by atoms with Crippen LogP contribution in [0.3, 0.4) is 0 Å². The highest BCUT2D eigenvalue weighted by atomic mass is 16.2. The van der Waals surface area contributed by atoms with Gasteiger partial charge >= 0.3 is 0 Å². The number of rotatable bonds is 6. The van der Waals surface area contributed by atoms with E-state index in [0.717, 1.165) is 44.7 Å². The van der Waals surface area contributed by atoms with Crippen molar-refractivity contribution in [3.63, 3.8) is 0 Å². The van der Waals surface area contributed by atoms with Crippen molar-refractivity contribution in [2.45, 2.75) is 40.0 Å². The molecule has 2 N–H and O–H groups in total. The molecule has 2 aliphatic rings. The molecule has 1 aliphatic carbocycles. The van der Waals surface area contributed by atoms with Gasteiger partial charge in [-0.2, -0.15) is 5.10 Å². The molecule has 3 rings (SSSR count). The Kier molecular flexibility index (Phi) is 5.37. The Labute approximate surface area is 155 Å². The molecule has 0 aromatic carbocycles. The summed E-state index contributed by atoms with van der Waals surface area (Å²) in [5, 5.41) is 9.75. The number of aromatic nitrogens is 2. The first-order chi connectivity index (χ1) is 12.3. The highest BCUT2D eigenvalue weighted by molar-refractivity contribution is 5.93. The number of nitrogens with one attached hydrogen (secondary N) is 2. The molecule has 2 heterocycles. The molecule has 1 atom stereocenters. The van der Waals surface area contributed by atoms with Crippen molar-refractivity contribution in [1.29, 1.82) is 0 Å². The molecule has 2 fully saturated rings. The highest BCUT2D eigenvalue weighted by Gasteiger charge is 2.52. The van der Waals surface area contributed by atoms with Crippen molar-refractivity contribution in [3.05, 3.63) is 17.5 Å². The predicted molar refractivity (Wildman–Crippen MR) is 99.9 cm³/mol. The van der Waals surface area contributed by atoms with Crippen molar-refractivity contribution in [2.75, 3.05) is 39.3 Å². The second-order valence-electron chi connectivity index (χ2n) is 8.52. The van der Waals surface area contributed by atoms with Crippen LogP contribution >= 0.6 is 0 Å². The SMILES string of the molecule is CC(C)c1cn[nH]c1C(=O)NCCN1CCN(C(=O)[C@H]2CC2(C)C)CC1. The summed E-state index contributed by atoms with van der Waals surface area (Å²) in [6.07, 6.45) is 2.74. The van der Waals surface area contributed by atoms with Crippen LogP contribution in [0.1, 0.15) is 56.1 Å². The van der Waals surface area contributed by atoms with Crippen LogP contribution < -0.4 is 5.32 Å². The van der Waals surface area contributed by atoms with Gasteiger partial charge in [-0.05, 0) is 17.8 Å². The normalized spacial score (nSPS) is 22.5. The maximum Gasteiger partial charge on any atom is 0.269 e. The van der Waals surface area contributed by atoms with E-state index in [1.165, 1.54) is 0 Å². The summed E-state index contributed by atoms with van der Waals surface area (Å²) < 4.78 is 0. The minimum absolute atomic E-state index is 0.101. The van der Waals surface area contributed by atoms with Gasteiger partial charge in [0.25, 0.3) is 5.91 Å². The van der Waals surface area contributed by atoms with E-state index in [1.807, 2.05) is 18.7 Å². The van der Waals surface area contributed by atoms with E-state index < -0.39 is 0 Å². The molecule has 0 unspecified atom stereocenters. The molecule has 1 aromatic rings. The van der Waals surface area contributed by atoms with E-state index in [-0.39, 0.29) is 23.2 Å². The predicted octanol–water partition coefficient (Wildman–Crippen LogP) is 1.45. The van der Waals surface area contributed by atoms with Crippen LogP contribution in [0.5, 0.6) is 0 Å². The van der Waals surface area contributed by atoms with Gasteiger partial charge in [0, 0.05) is 50.7 Å². The summed E-state index contributed by atoms with van der Waals surface area (Å²) in [4.78, 5) is 29.1. The minimum atomic E-state index is -0.101. The van der Waals surface area contributed by atoms with Gasteiger partial charge < -0.3 is 10.2 Å². The Morgan fingerprint density at radius 2 is 1.96 bits per heavy atom. The lowest BCUT2D eigenvalue weighted by atomic mass is 10.0. The van der Waals surface area contributed by atoms with Crippen LogP contribution in [-0.4, -0.2) is 71.1 Å². The first-order valence-electron chi connectivity index (χ1n) is 9.62. The van der Waals surface area contributed by atoms with Crippen molar-refractivity contribution in [3.8, 4) is 0 Å². The van der Waals surface area contributed by atoms with Gasteiger partial charge in [-0.15, -0.1) is 0 Å². The van der Waals surface area contributed by atoms with E-state index in [9.17, 15) is 9.59 Å². The fourth-order valence-electron chi connectivity index (χ4n) is 3.63. The summed E-state index contributed by atoms with van der Waals surface area (Å²) in [7, 11) is 0. The minimum Gasteiger partial charge on any atom is -0.349 e. The van der Waals surface area contributed by atoms with Crippen LogP contribution in [0, 0.1) is 11.3 Å². The van der Waals surface area contributed by atoms with Crippen molar-refractivity contribution < 1.29 is 9.59 Å². The Bertz CT molecular complexity index is 659. The van der Waals surface area contributed by atoms with Crippen molar-refractivity contribution >= 4 is 11.8 Å². The number of hydrogen-bond donors (Lipinski definition) is 2. The summed E-state index contributed by atoms with van der Waals surface area (Å²) >= 11 is 0. The van der Waals surface area contributed by atoms with Crippen molar-refractivity contribution in [1.82, 2.24) is 25.3 Å². The molecule has 1 aliphatic heterocycles. The van der Waals surface area contributed by atoms with E-state index in [4.69, 9.17) is 0 Å². The lowest BCUT2D eigenvalue weighted by Crippen LogP contribution is -2.50. The molecule has 0 spiro atoms. The number of nitrogens with zero attached hydrogens (tertiary/aromatic N) is 3. The number of carbonyl (C=O) groups is 2. The van der Waals surface area contributed by atoms with Crippen LogP contribution in [0.4, 0.5) is 0 Å². The molecule has 1 saturated heterocycles. The van der Waals surface area contributed by atoms with E-state index >= 15 is 0 Å². The summed E-state index contributed by atoms with van der Waals surface area (Å²) in [6, 6.07) is 0. The molecule has 0 radical (unpaired) electrons. The summed E-state index contributed by atoms with van der Waals surface area (Å²) in [6.45, 7) is 13.1. The number of aromatic amines is 1. The quantitative estimate of drug-likeness (QED) is 0.804. The first kappa shape index (κ1) is 18.9. The molecule has 2 amide bonds. The second-order valence-corrected chi connectivity index (χ2v) is 8.52. The Balaban J connectivity index is 1.38. The van der Waals surface area contributed by atoms with Crippen molar-refractivity contribution in [2.24, 2.45) is 11.3 Å². The Morgan fingerprint density at radius 1 is 1.31 bits per heavy atom. The molecule has 7 heteroatoms. The zero-order chi connectivity index (χ0) is 18.9. The van der Waals surface area contributed by atoms with E-state index in [0.29, 0.717) is 18.1 Å². The molecule has 7 nitrogen and oxygen atoms in total. The lowest BCUT2D eigenvalue weighted by molar-refractivity contribution is -0.135. The van der Waals surface area contributed by atoms with Gasteiger partial charge in [-0.3, -0.25) is 19.6 Å². The fraction of sp³-hybridized carbons (Fsp3) is 0.737. The van der Waals surface area contributed by atoms with Gasteiger partial charge in [-0.25, -0.2) is 0 Å². The average molecular weight is 361 g/mol. The molecule has 26 heavy (non-hydrogen) atoms. The third-order valence-corrected chi connectivity index (χ3v) is 5.73. The van der Waals surface area contributed by atoms with E-state index in [2.05, 4.69) is 34.3 Å². The van der Waals surface area contributed by atoms with Gasteiger partial charge in [0.15, 0.2) is 0 Å². The lowest BCUT2D eigenvalue weighted by Gasteiger charge is -2.35. The Morgan fingerprint density at radius 3 is 2.54 bits per heavy atom. The van der Waals surface area contributed by atoms with Gasteiger partial charge in [-0.1, -0.05) is 27.7 Å². The zero-order valence-corrected chi connectivity index (χ0v) is 16.3. The first-order valence-corrected chi connectivity index (χ1v) is 9.62. The van der Waals surface area contributed by atoms with Gasteiger partial charge in [0.05, 0.1) is 6.20 Å². The molecule has 1 saturated carbocycles. The second kappa shape index (κ2) is 7.39. The average Bonchev–Trinajstić information content (AvgIpc) is 3.01. The van der Waals surface area contributed by atoms with Crippen LogP contribution in [-0.2, 0) is 4.79 Å². The summed E-state index contributed by atoms with van der Waals surface area (Å²) in [5.41, 5.74) is 1.69. The molecular weight excluding hydrogens is 330 g/mol. The number of H-pyrrole nitrogens is 1. The maximum atomic E-state index is 12.4. The third-order valence-electron chi connectivity index (χ3n) is 5.73. The topological polar surface area (TPSA) is 81.3 Å². The largest absolute Gasteiger partial charge is 0.349 e. The van der Waals surface area contributed by atoms with Crippen LogP contribution in [0.15, 0.2) is 6.20 Å². The number of carbonyl (C=O) groups excluding carboxylic acids is 2. The molecule has 144 valence electrons. The monoisotopic (exact) mass is 361 g/mol. The standard InChI is InChI=1S/C19H31N5O2/c1-13(2)14-12-21-22-16(14)17(25)20-5-6-23-7-9-24(10-8-23)18(26)15-11-19(15,3)4/h12-13,15H,5-11H2,1-4H3,(H,20,25)(H,21,22)/t15-/m1/s1. The van der Waals surface area contributed by atoms with Crippen LogP contribution in [0.25, 0.3) is 0 Å². The maximum absolute atomic E-state index is 12.4. The van der Waals surface area contributed by atoms with Gasteiger partial charge in [0.2, 0.25) is 5.91 Å².